The van der Waals surface area contributed by atoms with Crippen molar-refractivity contribution in [3.05, 3.63) is 0 Å². The summed E-state index contributed by atoms with van der Waals surface area (Å²) in [6.45, 7) is 4.50. The Kier molecular flexibility index (Phi) is 2.51. The fourth-order valence-electron chi connectivity index (χ4n) is 1.66. The van der Waals surface area contributed by atoms with E-state index in [0.717, 1.165) is 13.0 Å². The van der Waals surface area contributed by atoms with Crippen molar-refractivity contribution in [2.45, 2.75) is 25.5 Å². The standard InChI is InChI=1S/C9H15NO3/c1-7-2-3-10(7)9(11)8-6-12-4-5-13-8/h7-8H,2-6H2,1H3. The Balaban J connectivity index is 1.88. The van der Waals surface area contributed by atoms with Gasteiger partial charge >= 0.3 is 0 Å². The van der Waals surface area contributed by atoms with Gasteiger partial charge in [-0.25, -0.2) is 0 Å². The predicted octanol–water partition coefficient (Wildman–Crippen LogP) is 0.0226. The maximum absolute atomic E-state index is 11.7. The first kappa shape index (κ1) is 8.97. The van der Waals surface area contributed by atoms with Crippen LogP contribution in [0.15, 0.2) is 0 Å². The molecule has 0 N–H and O–H groups in total. The molecule has 0 aromatic heterocycles. The first-order valence-electron chi connectivity index (χ1n) is 4.79. The minimum Gasteiger partial charge on any atom is -0.376 e. The summed E-state index contributed by atoms with van der Waals surface area (Å²) in [4.78, 5) is 13.6. The second kappa shape index (κ2) is 3.64. The number of rotatable bonds is 1. The number of hydrogen-bond acceptors (Lipinski definition) is 3. The molecular formula is C9H15NO3. The van der Waals surface area contributed by atoms with Crippen LogP contribution in [0, 0.1) is 0 Å². The highest BCUT2D eigenvalue weighted by Gasteiger charge is 2.34. The third kappa shape index (κ3) is 1.69. The largest absolute Gasteiger partial charge is 0.376 e. The number of ether oxygens (including phenoxy) is 2. The molecule has 2 rings (SSSR count). The molecule has 2 atom stereocenters. The van der Waals surface area contributed by atoms with Crippen LogP contribution in [-0.4, -0.2) is 49.3 Å². The summed E-state index contributed by atoms with van der Waals surface area (Å²) >= 11 is 0. The van der Waals surface area contributed by atoms with E-state index in [1.54, 1.807) is 0 Å². The second-order valence-corrected chi connectivity index (χ2v) is 3.60. The molecule has 0 aliphatic carbocycles. The Bertz CT molecular complexity index is 201. The van der Waals surface area contributed by atoms with Crippen LogP contribution in [0.3, 0.4) is 0 Å². The monoisotopic (exact) mass is 185 g/mol. The van der Waals surface area contributed by atoms with Crippen molar-refractivity contribution in [3.63, 3.8) is 0 Å². The summed E-state index contributed by atoms with van der Waals surface area (Å²) < 4.78 is 10.5. The van der Waals surface area contributed by atoms with Crippen molar-refractivity contribution in [1.82, 2.24) is 4.90 Å². The van der Waals surface area contributed by atoms with Crippen molar-refractivity contribution >= 4 is 5.91 Å². The van der Waals surface area contributed by atoms with Gasteiger partial charge in [-0.3, -0.25) is 4.79 Å². The van der Waals surface area contributed by atoms with Crippen molar-refractivity contribution in [3.8, 4) is 0 Å². The van der Waals surface area contributed by atoms with Crippen molar-refractivity contribution in [1.29, 1.82) is 0 Å². The molecule has 2 aliphatic rings. The minimum atomic E-state index is -0.350. The minimum absolute atomic E-state index is 0.0958. The van der Waals surface area contributed by atoms with Gasteiger partial charge in [0.15, 0.2) is 6.10 Å². The Hall–Kier alpha value is -0.610. The number of carbonyl (C=O) groups excluding carboxylic acids is 1. The molecule has 2 aliphatic heterocycles. The van der Waals surface area contributed by atoms with Crippen LogP contribution >= 0.6 is 0 Å². The molecule has 0 aromatic rings. The molecule has 1 amide bonds. The van der Waals surface area contributed by atoms with Gasteiger partial charge < -0.3 is 14.4 Å². The molecule has 2 saturated heterocycles. The van der Waals surface area contributed by atoms with Gasteiger partial charge in [0.05, 0.1) is 19.8 Å². The molecule has 0 radical (unpaired) electrons. The van der Waals surface area contributed by atoms with E-state index in [0.29, 0.717) is 25.9 Å². The molecule has 74 valence electrons. The van der Waals surface area contributed by atoms with E-state index in [9.17, 15) is 4.79 Å². The molecule has 4 heteroatoms. The van der Waals surface area contributed by atoms with Gasteiger partial charge in [0.25, 0.3) is 5.91 Å². The Morgan fingerprint density at radius 1 is 1.46 bits per heavy atom. The van der Waals surface area contributed by atoms with Gasteiger partial charge in [0, 0.05) is 12.6 Å². The molecule has 4 nitrogen and oxygen atoms in total. The quantitative estimate of drug-likeness (QED) is 0.578. The van der Waals surface area contributed by atoms with Gasteiger partial charge in [-0.2, -0.15) is 0 Å². The van der Waals surface area contributed by atoms with Crippen LogP contribution < -0.4 is 0 Å². The average Bonchev–Trinajstić information content (AvgIpc) is 2.17. The summed E-state index contributed by atoms with van der Waals surface area (Å²) in [5.74, 6) is 0.0958. The first-order valence-corrected chi connectivity index (χ1v) is 4.79. The summed E-state index contributed by atoms with van der Waals surface area (Å²) in [5, 5.41) is 0. The van der Waals surface area contributed by atoms with Gasteiger partial charge in [-0.1, -0.05) is 0 Å². The van der Waals surface area contributed by atoms with Crippen molar-refractivity contribution in [2.24, 2.45) is 0 Å². The van der Waals surface area contributed by atoms with E-state index >= 15 is 0 Å². The zero-order valence-corrected chi connectivity index (χ0v) is 7.86. The fourth-order valence-corrected chi connectivity index (χ4v) is 1.66. The lowest BCUT2D eigenvalue weighted by molar-refractivity contribution is -0.164. The SMILES string of the molecule is CC1CCN1C(=O)C1COCCO1. The highest BCUT2D eigenvalue weighted by Crippen LogP contribution is 2.19. The van der Waals surface area contributed by atoms with Gasteiger partial charge in [0.1, 0.15) is 0 Å². The summed E-state index contributed by atoms with van der Waals surface area (Å²) in [6.07, 6.45) is 0.760. The maximum atomic E-state index is 11.7. The van der Waals surface area contributed by atoms with E-state index in [1.165, 1.54) is 0 Å². The first-order chi connectivity index (χ1) is 6.29. The van der Waals surface area contributed by atoms with Gasteiger partial charge in [-0.05, 0) is 13.3 Å². The van der Waals surface area contributed by atoms with Crippen molar-refractivity contribution < 1.29 is 14.3 Å². The summed E-state index contributed by atoms with van der Waals surface area (Å²) in [7, 11) is 0. The van der Waals surface area contributed by atoms with E-state index in [2.05, 4.69) is 6.92 Å². The molecule has 0 saturated carbocycles. The lowest BCUT2D eigenvalue weighted by atomic mass is 10.0. The smallest absolute Gasteiger partial charge is 0.254 e. The van der Waals surface area contributed by atoms with Gasteiger partial charge in [-0.15, -0.1) is 0 Å². The number of amides is 1. The zero-order chi connectivity index (χ0) is 9.26. The van der Waals surface area contributed by atoms with E-state index in [4.69, 9.17) is 9.47 Å². The van der Waals surface area contributed by atoms with Crippen LogP contribution in [0.4, 0.5) is 0 Å². The lowest BCUT2D eigenvalue weighted by Crippen LogP contribution is -2.55. The van der Waals surface area contributed by atoms with Gasteiger partial charge in [0.2, 0.25) is 0 Å². The molecule has 0 bridgehead atoms. The highest BCUT2D eigenvalue weighted by atomic mass is 16.6. The molecule has 2 heterocycles. The number of hydrogen-bond donors (Lipinski definition) is 0. The maximum Gasteiger partial charge on any atom is 0.254 e. The Labute approximate surface area is 77.8 Å². The summed E-state index contributed by atoms with van der Waals surface area (Å²) in [6, 6.07) is 0.387. The van der Waals surface area contributed by atoms with Crippen LogP contribution in [-0.2, 0) is 14.3 Å². The third-order valence-electron chi connectivity index (χ3n) is 2.69. The number of likely N-dealkylation sites (tertiary alicyclic amines) is 1. The third-order valence-corrected chi connectivity index (χ3v) is 2.69. The van der Waals surface area contributed by atoms with E-state index < -0.39 is 0 Å². The topological polar surface area (TPSA) is 38.8 Å². The Morgan fingerprint density at radius 2 is 2.31 bits per heavy atom. The fraction of sp³-hybridized carbons (Fsp3) is 0.889. The van der Waals surface area contributed by atoms with Crippen LogP contribution in [0.1, 0.15) is 13.3 Å². The van der Waals surface area contributed by atoms with E-state index in [1.807, 2.05) is 4.90 Å². The predicted molar refractivity (Wildman–Crippen MR) is 46.4 cm³/mol. The van der Waals surface area contributed by atoms with Crippen molar-refractivity contribution in [2.75, 3.05) is 26.4 Å². The molecular weight excluding hydrogens is 170 g/mol. The molecule has 2 fully saturated rings. The number of carbonyl (C=O) groups is 1. The zero-order valence-electron chi connectivity index (χ0n) is 7.86. The highest BCUT2D eigenvalue weighted by molar-refractivity contribution is 5.82. The Morgan fingerprint density at radius 3 is 2.77 bits per heavy atom. The van der Waals surface area contributed by atoms with Crippen LogP contribution in [0.25, 0.3) is 0 Å². The molecule has 0 aromatic carbocycles. The molecule has 13 heavy (non-hydrogen) atoms. The number of nitrogens with zero attached hydrogens (tertiary/aromatic N) is 1. The second-order valence-electron chi connectivity index (χ2n) is 3.60. The normalized spacial score (nSPS) is 34.1. The van der Waals surface area contributed by atoms with E-state index in [-0.39, 0.29) is 12.0 Å². The molecule has 0 spiro atoms. The summed E-state index contributed by atoms with van der Waals surface area (Å²) in [5.41, 5.74) is 0. The van der Waals surface area contributed by atoms with Crippen LogP contribution in [0.2, 0.25) is 0 Å². The van der Waals surface area contributed by atoms with Crippen LogP contribution in [0.5, 0.6) is 0 Å². The molecule has 2 unspecified atom stereocenters. The average molecular weight is 185 g/mol. The lowest BCUT2D eigenvalue weighted by Gasteiger charge is -2.41.